The van der Waals surface area contributed by atoms with E-state index in [1.165, 1.54) is 6.07 Å². The molecule has 4 aromatic rings. The van der Waals surface area contributed by atoms with Crippen molar-refractivity contribution in [1.29, 1.82) is 0 Å². The topological polar surface area (TPSA) is 69.7 Å². The van der Waals surface area contributed by atoms with Crippen LogP contribution in [-0.4, -0.2) is 13.9 Å². The number of benzene rings is 4. The first kappa shape index (κ1) is 26.7. The van der Waals surface area contributed by atoms with Gasteiger partial charge in [0.15, 0.2) is 0 Å². The smallest absolute Gasteiger partial charge is 0.413 e. The van der Waals surface area contributed by atoms with E-state index in [1.807, 2.05) is 6.07 Å². The summed E-state index contributed by atoms with van der Waals surface area (Å²) in [6, 6.07) is 26.2. The molecular weight excluding hydrogens is 560 g/mol. The predicted molar refractivity (Wildman–Crippen MR) is 145 cm³/mol. The van der Waals surface area contributed by atoms with E-state index in [1.54, 1.807) is 78.9 Å². The van der Waals surface area contributed by atoms with Crippen molar-refractivity contribution >= 4 is 22.7 Å². The quantitative estimate of drug-likeness (QED) is 0.226. The van der Waals surface area contributed by atoms with Gasteiger partial charge >= 0.3 is 13.1 Å². The Bertz CT molecular complexity index is 1690. The number of sulfone groups is 1. The molecule has 0 radical (unpaired) electrons. The number of hydrogen-bond donors (Lipinski definition) is 0. The maximum atomic E-state index is 14.9. The van der Waals surface area contributed by atoms with Gasteiger partial charge in [-0.3, -0.25) is 0 Å². The zero-order chi connectivity index (χ0) is 28.2. The van der Waals surface area contributed by atoms with E-state index in [0.29, 0.717) is 48.3 Å². The Balaban J connectivity index is 1.59. The van der Waals surface area contributed by atoms with E-state index in [0.717, 1.165) is 11.6 Å². The minimum absolute atomic E-state index is 0.129. The van der Waals surface area contributed by atoms with Gasteiger partial charge in [-0.25, -0.2) is 13.0 Å². The van der Waals surface area contributed by atoms with Crippen molar-refractivity contribution in [1.82, 2.24) is 0 Å². The van der Waals surface area contributed by atoms with Crippen LogP contribution in [0.1, 0.15) is 35.1 Å². The molecule has 5 nitrogen and oxygen atoms in total. The molecule has 0 heterocycles. The lowest BCUT2D eigenvalue weighted by Crippen LogP contribution is -2.33. The molecule has 4 aromatic carbocycles. The summed E-state index contributed by atoms with van der Waals surface area (Å²) in [6.07, 6.45) is 1.59. The van der Waals surface area contributed by atoms with Crippen LogP contribution in [0.15, 0.2) is 102 Å². The lowest BCUT2D eigenvalue weighted by molar-refractivity contribution is -0.0436. The van der Waals surface area contributed by atoms with Crippen LogP contribution in [0.3, 0.4) is 0 Å². The van der Waals surface area contributed by atoms with Gasteiger partial charge in [0.05, 0.1) is 10.2 Å². The molecule has 0 bridgehead atoms. The number of rotatable bonds is 6. The molecule has 0 saturated carbocycles. The Hall–Kier alpha value is -3.55. The minimum atomic E-state index is -5.64. The second kappa shape index (κ2) is 9.53. The number of halogens is 3. The molecule has 0 aromatic heterocycles. The molecule has 40 heavy (non-hydrogen) atoms. The van der Waals surface area contributed by atoms with E-state index in [2.05, 4.69) is 0 Å². The van der Waals surface area contributed by atoms with Gasteiger partial charge in [-0.2, -0.15) is 13.2 Å². The average Bonchev–Trinajstić information content (AvgIpc) is 3.50. The van der Waals surface area contributed by atoms with Gasteiger partial charge in [0.2, 0.25) is 0 Å². The van der Waals surface area contributed by atoms with E-state index < -0.39 is 33.3 Å². The first-order valence-electron chi connectivity index (χ1n) is 12.7. The summed E-state index contributed by atoms with van der Waals surface area (Å²) in [7, 11) is -9.85. The molecule has 10 heteroatoms. The van der Waals surface area contributed by atoms with Crippen LogP contribution < -0.4 is 14.4 Å². The second-order valence-electron chi connectivity index (χ2n) is 9.94. The Labute approximate surface area is 230 Å². The third kappa shape index (κ3) is 4.23. The molecule has 0 N–H and O–H groups in total. The van der Waals surface area contributed by atoms with Crippen molar-refractivity contribution in [2.45, 2.75) is 41.5 Å². The van der Waals surface area contributed by atoms with Crippen LogP contribution in [0.4, 0.5) is 13.2 Å². The highest BCUT2D eigenvalue weighted by atomic mass is 32.2. The van der Waals surface area contributed by atoms with Gasteiger partial charge < -0.3 is 9.05 Å². The summed E-state index contributed by atoms with van der Waals surface area (Å²) in [5.41, 5.74) is -4.60. The van der Waals surface area contributed by atoms with Crippen molar-refractivity contribution < 1.29 is 35.2 Å². The third-order valence-corrected chi connectivity index (χ3v) is 11.1. The molecule has 206 valence electrons. The van der Waals surface area contributed by atoms with Crippen molar-refractivity contribution in [3.63, 3.8) is 0 Å². The summed E-state index contributed by atoms with van der Waals surface area (Å²) < 4.78 is 94.2. The molecule has 0 amide bonds. The SMILES string of the molecule is O=P(Oc1ccccc1)(Oc1ccccc1)c1cccc2c1[C@]1(CC2)CCc2cccc(S(=O)(=O)C(F)(F)F)c21. The number of para-hydroxylation sites is 2. The molecule has 2 aliphatic carbocycles. The predicted octanol–water partition coefficient (Wildman–Crippen LogP) is 7.14. The van der Waals surface area contributed by atoms with Gasteiger partial charge in [-0.1, -0.05) is 60.7 Å². The third-order valence-electron chi connectivity index (χ3n) is 7.67. The molecule has 1 spiro atoms. The van der Waals surface area contributed by atoms with Crippen LogP contribution in [0, 0.1) is 0 Å². The largest absolute Gasteiger partial charge is 0.501 e. The first-order chi connectivity index (χ1) is 19.1. The fourth-order valence-corrected chi connectivity index (χ4v) is 9.09. The van der Waals surface area contributed by atoms with E-state index >= 15 is 0 Å². The maximum Gasteiger partial charge on any atom is 0.501 e. The Morgan fingerprint density at radius 2 is 1.18 bits per heavy atom. The molecule has 0 unspecified atom stereocenters. The van der Waals surface area contributed by atoms with Gasteiger partial charge in [0.25, 0.3) is 9.84 Å². The molecule has 0 saturated heterocycles. The highest BCUT2D eigenvalue weighted by molar-refractivity contribution is 7.92. The average molecular weight is 585 g/mol. The normalized spacial score (nSPS) is 18.4. The lowest BCUT2D eigenvalue weighted by atomic mass is 9.76. The number of fused-ring (bicyclic) bond motifs is 4. The highest BCUT2D eigenvalue weighted by Crippen LogP contribution is 2.58. The molecule has 6 rings (SSSR count). The standard InChI is InChI=1S/C30H24F3O5PS/c31-30(32,33)40(35,36)26-16-8-10-22-18-20-29(28(22)26)19-17-21-9-7-15-25(27(21)29)39(34,37-23-11-3-1-4-12-23)38-24-13-5-2-6-14-24/h1-16H,17-20H2/t29-/m0/s1. The summed E-state index contributed by atoms with van der Waals surface area (Å²) in [5, 5.41) is 0.210. The van der Waals surface area contributed by atoms with Gasteiger partial charge in [0, 0.05) is 5.41 Å². The lowest BCUT2D eigenvalue weighted by Gasteiger charge is -2.32. The fourth-order valence-electron chi connectivity index (χ4n) is 6.06. The van der Waals surface area contributed by atoms with Gasteiger partial charge in [-0.15, -0.1) is 0 Å². The summed E-state index contributed by atoms with van der Waals surface area (Å²) in [4.78, 5) is -0.750. The number of aryl methyl sites for hydroxylation is 2. The molecule has 2 aliphatic rings. The Morgan fingerprint density at radius 3 is 1.70 bits per heavy atom. The van der Waals surface area contributed by atoms with Crippen LogP contribution >= 0.6 is 7.60 Å². The monoisotopic (exact) mass is 584 g/mol. The summed E-state index contributed by atoms with van der Waals surface area (Å²) >= 11 is 0. The van der Waals surface area contributed by atoms with Crippen molar-refractivity contribution in [3.8, 4) is 11.5 Å². The van der Waals surface area contributed by atoms with E-state index in [9.17, 15) is 26.2 Å². The minimum Gasteiger partial charge on any atom is -0.413 e. The zero-order valence-electron chi connectivity index (χ0n) is 21.1. The van der Waals surface area contributed by atoms with Crippen LogP contribution in [0.25, 0.3) is 0 Å². The second-order valence-corrected chi connectivity index (χ2v) is 13.7. The molecule has 0 aliphatic heterocycles. The molecular formula is C30H24F3O5PS. The summed E-state index contributed by atoms with van der Waals surface area (Å²) in [6.45, 7) is 0. The van der Waals surface area contributed by atoms with Gasteiger partial charge in [0.1, 0.15) is 11.5 Å². The molecule has 0 fully saturated rings. The highest BCUT2D eigenvalue weighted by Gasteiger charge is 2.55. The maximum absolute atomic E-state index is 14.9. The Morgan fingerprint density at radius 1 is 0.675 bits per heavy atom. The van der Waals surface area contributed by atoms with E-state index in [-0.39, 0.29) is 10.9 Å². The van der Waals surface area contributed by atoms with Gasteiger partial charge in [-0.05, 0) is 84.3 Å². The number of hydrogen-bond acceptors (Lipinski definition) is 5. The fraction of sp³-hybridized carbons (Fsp3) is 0.200. The first-order valence-corrected chi connectivity index (χ1v) is 15.7. The van der Waals surface area contributed by atoms with Crippen LogP contribution in [0.5, 0.6) is 11.5 Å². The zero-order valence-corrected chi connectivity index (χ0v) is 22.8. The van der Waals surface area contributed by atoms with Crippen molar-refractivity contribution in [2.75, 3.05) is 0 Å². The van der Waals surface area contributed by atoms with Crippen LogP contribution in [-0.2, 0) is 32.7 Å². The molecule has 1 atom stereocenters. The van der Waals surface area contributed by atoms with E-state index in [4.69, 9.17) is 9.05 Å². The van der Waals surface area contributed by atoms with Crippen molar-refractivity contribution in [3.05, 3.63) is 119 Å². The number of alkyl halides is 3. The van der Waals surface area contributed by atoms with Crippen molar-refractivity contribution in [2.24, 2.45) is 0 Å². The summed E-state index contributed by atoms with van der Waals surface area (Å²) in [5.74, 6) is 0.581. The Kier molecular flexibility index (Phi) is 6.35. The van der Waals surface area contributed by atoms with Crippen LogP contribution in [0.2, 0.25) is 0 Å².